The zero-order valence-electron chi connectivity index (χ0n) is 28.1. The van der Waals surface area contributed by atoms with E-state index in [1.54, 1.807) is 42.3 Å². The van der Waals surface area contributed by atoms with Crippen LogP contribution < -0.4 is 19.7 Å². The number of anilines is 2. The number of carbonyl (C=O) groups is 2. The Kier molecular flexibility index (Phi) is 11.8. The molecule has 2 heterocycles. The maximum Gasteiger partial charge on any atom is 0.251 e. The Hall–Kier alpha value is -4.65. The van der Waals surface area contributed by atoms with E-state index in [2.05, 4.69) is 15.3 Å². The number of carbonyl (C=O) groups excluding carboxylic acids is 2. The summed E-state index contributed by atoms with van der Waals surface area (Å²) in [7, 11) is 6.97. The molecule has 13 heteroatoms. The predicted molar refractivity (Wildman–Crippen MR) is 197 cm³/mol. The lowest BCUT2D eigenvalue weighted by Crippen LogP contribution is -2.41. The molecule has 0 spiro atoms. The van der Waals surface area contributed by atoms with E-state index in [9.17, 15) is 9.59 Å². The lowest BCUT2D eigenvalue weighted by atomic mass is 10.0. The number of benzene rings is 3. The number of hydrogen-bond donors (Lipinski definition) is 1. The van der Waals surface area contributed by atoms with Crippen LogP contribution in [0.3, 0.4) is 0 Å². The maximum atomic E-state index is 14.4. The molecular formula is C36H37ClN6O4S2. The van der Waals surface area contributed by atoms with Gasteiger partial charge in [0.1, 0.15) is 11.0 Å². The molecule has 49 heavy (non-hydrogen) atoms. The zero-order valence-corrected chi connectivity index (χ0v) is 30.4. The van der Waals surface area contributed by atoms with E-state index in [4.69, 9.17) is 26.1 Å². The number of aryl methyl sites for hydroxylation is 2. The summed E-state index contributed by atoms with van der Waals surface area (Å²) < 4.78 is 11.1. The summed E-state index contributed by atoms with van der Waals surface area (Å²) in [5.74, 6) is 0.219. The fourth-order valence-electron chi connectivity index (χ4n) is 5.12. The number of hydrogen-bond acceptors (Lipinski definition) is 10. The number of rotatable bonds is 13. The van der Waals surface area contributed by atoms with Crippen LogP contribution in [0.1, 0.15) is 28.0 Å². The minimum Gasteiger partial charge on any atom is -0.493 e. The van der Waals surface area contributed by atoms with E-state index < -0.39 is 11.9 Å². The summed E-state index contributed by atoms with van der Waals surface area (Å²) in [6.07, 6.45) is 0. The van der Waals surface area contributed by atoms with Gasteiger partial charge in [-0.1, -0.05) is 41.6 Å². The molecule has 2 aromatic heterocycles. The van der Waals surface area contributed by atoms with Gasteiger partial charge in [-0.3, -0.25) is 9.59 Å². The SMILES string of the molecule is COc1ccc(C(C(=O)Nc2ccc(N(C)C)cc2)N(Cc2nc(-c3ccc(Cl)cc3)cs2)C(=O)CSc2nc(C)cc(C)n2)cc1OC. The van der Waals surface area contributed by atoms with Crippen molar-refractivity contribution in [1.82, 2.24) is 19.9 Å². The van der Waals surface area contributed by atoms with Gasteiger partial charge in [-0.05, 0) is 74.0 Å². The number of halogens is 1. The summed E-state index contributed by atoms with van der Waals surface area (Å²) in [4.78, 5) is 46.1. The summed E-state index contributed by atoms with van der Waals surface area (Å²) in [6, 6.07) is 20.9. The van der Waals surface area contributed by atoms with Crippen molar-refractivity contribution in [3.63, 3.8) is 0 Å². The van der Waals surface area contributed by atoms with Gasteiger partial charge in [0, 0.05) is 52.8 Å². The highest BCUT2D eigenvalue weighted by molar-refractivity contribution is 7.99. The van der Waals surface area contributed by atoms with Gasteiger partial charge in [0.2, 0.25) is 5.91 Å². The normalized spacial score (nSPS) is 11.5. The molecule has 1 atom stereocenters. The van der Waals surface area contributed by atoms with Crippen molar-refractivity contribution in [2.75, 3.05) is 44.3 Å². The molecule has 254 valence electrons. The van der Waals surface area contributed by atoms with Gasteiger partial charge >= 0.3 is 0 Å². The van der Waals surface area contributed by atoms with E-state index in [0.717, 1.165) is 28.3 Å². The van der Waals surface area contributed by atoms with E-state index in [1.165, 1.54) is 30.2 Å². The predicted octanol–water partition coefficient (Wildman–Crippen LogP) is 7.45. The van der Waals surface area contributed by atoms with E-state index in [-0.39, 0.29) is 18.2 Å². The van der Waals surface area contributed by atoms with E-state index in [0.29, 0.717) is 37.9 Å². The molecule has 1 N–H and O–H groups in total. The third kappa shape index (κ3) is 9.08. The Morgan fingerprint density at radius 2 is 1.57 bits per heavy atom. The largest absolute Gasteiger partial charge is 0.493 e. The van der Waals surface area contributed by atoms with Crippen molar-refractivity contribution in [3.8, 4) is 22.8 Å². The molecule has 5 aromatic rings. The fraction of sp³-hybridized carbons (Fsp3) is 0.250. The molecule has 0 bridgehead atoms. The van der Waals surface area contributed by atoms with Gasteiger partial charge in [0.25, 0.3) is 5.91 Å². The lowest BCUT2D eigenvalue weighted by molar-refractivity contribution is -0.137. The molecule has 0 saturated carbocycles. The Balaban J connectivity index is 1.55. The van der Waals surface area contributed by atoms with E-state index in [1.807, 2.05) is 80.7 Å². The first-order valence-electron chi connectivity index (χ1n) is 15.3. The summed E-state index contributed by atoms with van der Waals surface area (Å²) in [6.45, 7) is 3.84. The first-order chi connectivity index (χ1) is 23.5. The van der Waals surface area contributed by atoms with Crippen LogP contribution in [0.4, 0.5) is 11.4 Å². The highest BCUT2D eigenvalue weighted by Crippen LogP contribution is 2.35. The van der Waals surface area contributed by atoms with Gasteiger partial charge in [-0.25, -0.2) is 15.0 Å². The third-order valence-electron chi connectivity index (χ3n) is 7.54. The van der Waals surface area contributed by atoms with Gasteiger partial charge < -0.3 is 24.6 Å². The van der Waals surface area contributed by atoms with Crippen LogP contribution in [0.5, 0.6) is 11.5 Å². The Morgan fingerprint density at radius 1 is 0.898 bits per heavy atom. The van der Waals surface area contributed by atoms with Crippen LogP contribution in [0.2, 0.25) is 5.02 Å². The second-order valence-electron chi connectivity index (χ2n) is 11.3. The molecule has 3 aromatic carbocycles. The maximum absolute atomic E-state index is 14.4. The monoisotopic (exact) mass is 716 g/mol. The molecule has 2 amide bonds. The van der Waals surface area contributed by atoms with Crippen molar-refractivity contribution >= 4 is 57.9 Å². The van der Waals surface area contributed by atoms with Crippen molar-refractivity contribution < 1.29 is 19.1 Å². The highest BCUT2D eigenvalue weighted by atomic mass is 35.5. The molecule has 0 aliphatic rings. The minimum atomic E-state index is -1.07. The smallest absolute Gasteiger partial charge is 0.251 e. The zero-order chi connectivity index (χ0) is 35.1. The Labute approximate surface area is 299 Å². The van der Waals surface area contributed by atoms with Crippen LogP contribution in [0.25, 0.3) is 11.3 Å². The van der Waals surface area contributed by atoms with Crippen molar-refractivity contribution in [2.24, 2.45) is 0 Å². The number of methoxy groups -OCH3 is 2. The topological polar surface area (TPSA) is 110 Å². The second kappa shape index (κ2) is 16.2. The number of thioether (sulfide) groups is 1. The van der Waals surface area contributed by atoms with Crippen LogP contribution in [0, 0.1) is 13.8 Å². The second-order valence-corrected chi connectivity index (χ2v) is 13.6. The molecule has 0 radical (unpaired) electrons. The van der Waals surface area contributed by atoms with Gasteiger partial charge in [-0.15, -0.1) is 11.3 Å². The average molecular weight is 717 g/mol. The van der Waals surface area contributed by atoms with Crippen molar-refractivity contribution in [2.45, 2.75) is 31.6 Å². The van der Waals surface area contributed by atoms with E-state index >= 15 is 0 Å². The van der Waals surface area contributed by atoms with Crippen molar-refractivity contribution in [1.29, 1.82) is 0 Å². The van der Waals surface area contributed by atoms with Crippen LogP contribution in [0.15, 0.2) is 83.3 Å². The molecule has 10 nitrogen and oxygen atoms in total. The molecule has 0 saturated heterocycles. The van der Waals surface area contributed by atoms with Gasteiger partial charge in [-0.2, -0.15) is 0 Å². The number of ether oxygens (including phenoxy) is 2. The number of nitrogens with zero attached hydrogens (tertiary/aromatic N) is 5. The average Bonchev–Trinajstić information content (AvgIpc) is 3.55. The number of aromatic nitrogens is 3. The van der Waals surface area contributed by atoms with Gasteiger partial charge in [0.15, 0.2) is 16.7 Å². The number of amides is 2. The minimum absolute atomic E-state index is 0.00703. The van der Waals surface area contributed by atoms with Gasteiger partial charge in [0.05, 0.1) is 32.2 Å². The Morgan fingerprint density at radius 3 is 2.20 bits per heavy atom. The number of nitrogens with one attached hydrogen (secondary N) is 1. The molecule has 0 aliphatic heterocycles. The molecule has 5 rings (SSSR count). The first-order valence-corrected chi connectivity index (χ1v) is 17.5. The number of thiazole rings is 1. The quantitative estimate of drug-likeness (QED) is 0.0981. The van der Waals surface area contributed by atoms with Crippen LogP contribution in [-0.4, -0.2) is 65.7 Å². The summed E-state index contributed by atoms with van der Waals surface area (Å²) in [5.41, 5.74) is 5.36. The van der Waals surface area contributed by atoms with Crippen molar-refractivity contribution in [3.05, 3.63) is 105 Å². The standard InChI is InChI=1S/C36H37ClN6O4S2/c1-22-17-23(2)39-36(38-22)49-21-33(44)43(19-32-41-29(20-48-32)24-7-10-26(37)11-8-24)34(25-9-16-30(46-5)31(18-25)47-6)35(45)40-27-12-14-28(15-13-27)42(3)4/h7-18,20,34H,19,21H2,1-6H3,(H,40,45). The summed E-state index contributed by atoms with van der Waals surface area (Å²) >= 11 is 8.74. The lowest BCUT2D eigenvalue weighted by Gasteiger charge is -2.31. The Bertz CT molecular complexity index is 1900. The molecular weight excluding hydrogens is 680 g/mol. The molecule has 1 unspecified atom stereocenters. The fourth-order valence-corrected chi connectivity index (χ4v) is 6.89. The first kappa shape index (κ1) is 35.7. The summed E-state index contributed by atoms with van der Waals surface area (Å²) in [5, 5.41) is 6.73. The highest BCUT2D eigenvalue weighted by Gasteiger charge is 2.33. The van der Waals surface area contributed by atoms with Crippen LogP contribution >= 0.6 is 34.7 Å². The third-order valence-corrected chi connectivity index (χ3v) is 9.46. The molecule has 0 fully saturated rings. The van der Waals surface area contributed by atoms with Crippen LogP contribution in [-0.2, 0) is 16.1 Å². The molecule has 0 aliphatic carbocycles.